The van der Waals surface area contributed by atoms with Crippen LogP contribution in [0.2, 0.25) is 0 Å². The summed E-state index contributed by atoms with van der Waals surface area (Å²) in [6, 6.07) is 7.20. The predicted octanol–water partition coefficient (Wildman–Crippen LogP) is 5.47. The van der Waals surface area contributed by atoms with Crippen molar-refractivity contribution in [2.45, 2.75) is 103 Å². The Bertz CT molecular complexity index is 1310. The molecule has 250 valence electrons. The van der Waals surface area contributed by atoms with Crippen LogP contribution in [0, 0.1) is 19.8 Å². The van der Waals surface area contributed by atoms with E-state index in [-0.39, 0.29) is 48.6 Å². The van der Waals surface area contributed by atoms with Crippen LogP contribution < -0.4 is 5.32 Å². The van der Waals surface area contributed by atoms with E-state index in [0.29, 0.717) is 30.9 Å². The molecule has 2 aromatic rings. The lowest BCUT2D eigenvalue weighted by atomic mass is 9.79. The topological polar surface area (TPSA) is 90.8 Å². The van der Waals surface area contributed by atoms with E-state index in [9.17, 15) is 14.4 Å². The number of likely N-dealkylation sites (tertiary alicyclic amines) is 1. The molecule has 2 aliphatic heterocycles. The Morgan fingerprint density at radius 1 is 1.02 bits per heavy atom. The number of rotatable bonds is 9. The number of benzene rings is 1. The summed E-state index contributed by atoms with van der Waals surface area (Å²) in [7, 11) is 3.50. The van der Waals surface area contributed by atoms with Gasteiger partial charge in [-0.3, -0.25) is 19.3 Å². The summed E-state index contributed by atoms with van der Waals surface area (Å²) in [6.07, 6.45) is 10.1. The van der Waals surface area contributed by atoms with E-state index >= 15 is 0 Å². The van der Waals surface area contributed by atoms with Crippen LogP contribution in [0.1, 0.15) is 98.4 Å². The number of piperazine rings is 1. The predicted molar refractivity (Wildman–Crippen MR) is 183 cm³/mol. The molecular formula is C34H52Cl2N6O3. The molecule has 3 fully saturated rings. The Morgan fingerprint density at radius 2 is 1.67 bits per heavy atom. The van der Waals surface area contributed by atoms with Crippen molar-refractivity contribution in [1.82, 2.24) is 29.8 Å². The zero-order chi connectivity index (χ0) is 30.7. The highest BCUT2D eigenvalue weighted by Crippen LogP contribution is 2.36. The fraction of sp³-hybridized carbons (Fsp3) is 0.647. The summed E-state index contributed by atoms with van der Waals surface area (Å²) < 4.78 is 1.95. The summed E-state index contributed by atoms with van der Waals surface area (Å²) in [5, 5.41) is 8.06. The number of unbranched alkanes of at least 4 members (excludes halogenated alkanes) is 1. The standard InChI is InChI=1S/C34H50N6O3.2ClH/c1-6-7-19-39-32(42)30(22-26-11-9-8-10-12-26)35-33(43)34(39)17-20-38(21-18-34)23-29-24(2)36-40(25(29)3)28-15-13-27(14-16-28)31(41)37(4)5;;/h13-16,26,30H,6-12,17-23H2,1-5H3,(H,35,43);2*1H/t30-;;/m0../s1. The number of amides is 3. The number of aryl methyl sites for hydroxylation is 1. The molecule has 3 amide bonds. The van der Waals surface area contributed by atoms with Gasteiger partial charge >= 0.3 is 0 Å². The van der Waals surface area contributed by atoms with E-state index in [0.717, 1.165) is 56.0 Å². The molecule has 1 saturated carbocycles. The highest BCUT2D eigenvalue weighted by molar-refractivity contribution is 6.00. The first-order valence-electron chi connectivity index (χ1n) is 16.4. The third kappa shape index (κ3) is 7.68. The van der Waals surface area contributed by atoms with E-state index in [2.05, 4.69) is 24.1 Å². The first-order valence-corrected chi connectivity index (χ1v) is 16.4. The minimum Gasteiger partial charge on any atom is -0.345 e. The van der Waals surface area contributed by atoms with Crippen molar-refractivity contribution < 1.29 is 14.4 Å². The fourth-order valence-electron chi connectivity index (χ4n) is 7.39. The highest BCUT2D eigenvalue weighted by atomic mass is 35.5. The van der Waals surface area contributed by atoms with E-state index in [1.165, 1.54) is 37.7 Å². The van der Waals surface area contributed by atoms with Gasteiger partial charge in [0.25, 0.3) is 5.91 Å². The largest absolute Gasteiger partial charge is 0.345 e. The van der Waals surface area contributed by atoms with Crippen LogP contribution >= 0.6 is 24.8 Å². The maximum Gasteiger partial charge on any atom is 0.253 e. The first-order chi connectivity index (χ1) is 20.6. The van der Waals surface area contributed by atoms with Gasteiger partial charge in [-0.05, 0) is 69.7 Å². The number of carbonyl (C=O) groups excluding carboxylic acids is 3. The fourth-order valence-corrected chi connectivity index (χ4v) is 7.39. The van der Waals surface area contributed by atoms with Crippen LogP contribution in [0.5, 0.6) is 0 Å². The van der Waals surface area contributed by atoms with Crippen molar-refractivity contribution in [3.05, 3.63) is 46.8 Å². The smallest absolute Gasteiger partial charge is 0.253 e. The van der Waals surface area contributed by atoms with Gasteiger partial charge in [0.05, 0.1) is 11.4 Å². The van der Waals surface area contributed by atoms with Crippen molar-refractivity contribution in [3.8, 4) is 5.69 Å². The van der Waals surface area contributed by atoms with Crippen molar-refractivity contribution >= 4 is 42.5 Å². The maximum atomic E-state index is 13.9. The monoisotopic (exact) mass is 662 g/mol. The molecule has 11 heteroatoms. The van der Waals surface area contributed by atoms with Crippen molar-refractivity contribution in [2.75, 3.05) is 33.7 Å². The number of halogens is 2. The number of carbonyl (C=O) groups is 3. The lowest BCUT2D eigenvalue weighted by Gasteiger charge is -2.52. The van der Waals surface area contributed by atoms with Gasteiger partial charge in [-0.1, -0.05) is 45.4 Å². The Balaban J connectivity index is 0.00000276. The van der Waals surface area contributed by atoms with Crippen molar-refractivity contribution in [3.63, 3.8) is 0 Å². The van der Waals surface area contributed by atoms with Gasteiger partial charge in [0.2, 0.25) is 11.8 Å². The molecule has 0 unspecified atom stereocenters. The minimum atomic E-state index is -0.744. The Kier molecular flexibility index (Phi) is 12.9. The van der Waals surface area contributed by atoms with Crippen molar-refractivity contribution in [2.24, 2.45) is 5.92 Å². The Hall–Kier alpha value is -2.62. The van der Waals surface area contributed by atoms with E-state index in [4.69, 9.17) is 5.10 Å². The summed E-state index contributed by atoms with van der Waals surface area (Å²) in [5.41, 5.74) is 4.06. The number of nitrogens with zero attached hydrogens (tertiary/aromatic N) is 5. The zero-order valence-corrected chi connectivity index (χ0v) is 29.3. The zero-order valence-electron chi connectivity index (χ0n) is 27.6. The summed E-state index contributed by atoms with van der Waals surface area (Å²) in [4.78, 5) is 46.0. The molecule has 45 heavy (non-hydrogen) atoms. The second-order valence-electron chi connectivity index (χ2n) is 13.2. The second-order valence-corrected chi connectivity index (χ2v) is 13.2. The summed E-state index contributed by atoms with van der Waals surface area (Å²) in [6.45, 7) is 9.19. The summed E-state index contributed by atoms with van der Waals surface area (Å²) >= 11 is 0. The molecule has 3 aliphatic rings. The summed E-state index contributed by atoms with van der Waals surface area (Å²) in [5.74, 6) is 0.709. The molecule has 2 saturated heterocycles. The van der Waals surface area contributed by atoms with Gasteiger partial charge < -0.3 is 15.1 Å². The quantitative estimate of drug-likeness (QED) is 0.385. The molecule has 1 spiro atoms. The molecule has 3 heterocycles. The molecule has 9 nitrogen and oxygen atoms in total. The Morgan fingerprint density at radius 3 is 2.27 bits per heavy atom. The van der Waals surface area contributed by atoms with Gasteiger partial charge in [-0.25, -0.2) is 4.68 Å². The molecule has 1 atom stereocenters. The second kappa shape index (κ2) is 15.8. The molecule has 1 aromatic carbocycles. The van der Waals surface area contributed by atoms with Crippen LogP contribution in [0.3, 0.4) is 0 Å². The van der Waals surface area contributed by atoms with Gasteiger partial charge in [-0.2, -0.15) is 5.10 Å². The van der Waals surface area contributed by atoms with E-state index in [1.54, 1.807) is 19.0 Å². The normalized spacial score (nSPS) is 20.4. The van der Waals surface area contributed by atoms with Gasteiger partial charge in [-0.15, -0.1) is 24.8 Å². The van der Waals surface area contributed by atoms with Crippen LogP contribution in [0.25, 0.3) is 5.69 Å². The lowest BCUT2D eigenvalue weighted by Crippen LogP contribution is -2.73. The van der Waals surface area contributed by atoms with Gasteiger partial charge in [0.15, 0.2) is 0 Å². The van der Waals surface area contributed by atoms with E-state index < -0.39 is 5.54 Å². The van der Waals surface area contributed by atoms with Crippen LogP contribution in [-0.2, 0) is 16.1 Å². The van der Waals surface area contributed by atoms with Crippen molar-refractivity contribution in [1.29, 1.82) is 0 Å². The number of piperidine rings is 1. The minimum absolute atomic E-state index is 0. The number of hydrogen-bond donors (Lipinski definition) is 1. The van der Waals surface area contributed by atoms with E-state index in [1.807, 2.05) is 40.8 Å². The lowest BCUT2D eigenvalue weighted by molar-refractivity contribution is -0.162. The number of aromatic nitrogens is 2. The number of hydrogen-bond acceptors (Lipinski definition) is 5. The van der Waals surface area contributed by atoms with Gasteiger partial charge in [0.1, 0.15) is 11.6 Å². The van der Waals surface area contributed by atoms with Gasteiger partial charge in [0, 0.05) is 57.1 Å². The average Bonchev–Trinajstić information content (AvgIpc) is 3.29. The first kappa shape index (κ1) is 36.8. The molecule has 0 radical (unpaired) electrons. The van der Waals surface area contributed by atoms with Crippen LogP contribution in [0.15, 0.2) is 24.3 Å². The maximum absolute atomic E-state index is 13.9. The third-order valence-corrected chi connectivity index (χ3v) is 10.1. The SMILES string of the molecule is CCCCN1C(=O)[C@H](CC2CCCCC2)NC(=O)C12CCN(Cc1c(C)nn(-c3ccc(C(=O)N(C)C)cc3)c1C)CC2.Cl.Cl. The molecule has 1 N–H and O–H groups in total. The molecule has 1 aliphatic carbocycles. The number of nitrogens with one attached hydrogen (secondary N) is 1. The van der Waals surface area contributed by atoms with Crippen LogP contribution in [-0.4, -0.2) is 87.5 Å². The van der Waals surface area contributed by atoms with Crippen LogP contribution in [0.4, 0.5) is 0 Å². The molecular weight excluding hydrogens is 611 g/mol. The molecule has 5 rings (SSSR count). The molecule has 0 bridgehead atoms. The average molecular weight is 664 g/mol. The highest BCUT2D eigenvalue weighted by Gasteiger charge is 2.53. The third-order valence-electron chi connectivity index (χ3n) is 10.1. The molecule has 1 aromatic heterocycles. The Labute approximate surface area is 281 Å².